The lowest BCUT2D eigenvalue weighted by Gasteiger charge is -2.36. The predicted octanol–water partition coefficient (Wildman–Crippen LogP) is 0.0746. The van der Waals surface area contributed by atoms with Crippen molar-refractivity contribution in [1.82, 2.24) is 15.1 Å². The van der Waals surface area contributed by atoms with E-state index in [1.54, 1.807) is 18.2 Å². The predicted molar refractivity (Wildman–Crippen MR) is 109 cm³/mol. The third-order valence-electron chi connectivity index (χ3n) is 6.02. The normalized spacial score (nSPS) is 22.0. The summed E-state index contributed by atoms with van der Waals surface area (Å²) >= 11 is 0. The van der Waals surface area contributed by atoms with Gasteiger partial charge in [0.1, 0.15) is 6.04 Å². The topological polar surface area (TPSA) is 127 Å². The third kappa shape index (κ3) is 4.02. The van der Waals surface area contributed by atoms with Crippen molar-refractivity contribution in [1.29, 1.82) is 0 Å². The largest absolute Gasteiger partial charge is 0.481 e. The highest BCUT2D eigenvalue weighted by Crippen LogP contribution is 2.34. The van der Waals surface area contributed by atoms with Gasteiger partial charge in [0.05, 0.1) is 16.8 Å². The zero-order valence-electron chi connectivity index (χ0n) is 17.0. The van der Waals surface area contributed by atoms with Crippen molar-refractivity contribution in [2.75, 3.05) is 37.6 Å². The van der Waals surface area contributed by atoms with E-state index in [2.05, 4.69) is 10.2 Å². The van der Waals surface area contributed by atoms with Gasteiger partial charge in [0.2, 0.25) is 11.8 Å². The molecule has 1 atom stereocenters. The molecule has 3 aliphatic rings. The Kier molecular flexibility index (Phi) is 5.73. The number of nitrogens with zero attached hydrogens (tertiary/aromatic N) is 3. The van der Waals surface area contributed by atoms with Crippen LogP contribution in [0.15, 0.2) is 18.2 Å². The molecular weight excluding hydrogens is 404 g/mol. The molecule has 10 nitrogen and oxygen atoms in total. The van der Waals surface area contributed by atoms with Gasteiger partial charge in [-0.1, -0.05) is 6.07 Å². The molecule has 3 heterocycles. The number of carboxylic acids is 1. The van der Waals surface area contributed by atoms with Crippen molar-refractivity contribution in [2.24, 2.45) is 0 Å². The summed E-state index contributed by atoms with van der Waals surface area (Å²) in [5.41, 5.74) is 1.24. The monoisotopic (exact) mass is 428 g/mol. The first-order valence-electron chi connectivity index (χ1n) is 10.4. The first-order chi connectivity index (χ1) is 14.9. The van der Waals surface area contributed by atoms with Gasteiger partial charge in [-0.05, 0) is 31.5 Å². The summed E-state index contributed by atoms with van der Waals surface area (Å²) in [6, 6.07) is 4.14. The molecule has 0 aliphatic carbocycles. The molecule has 1 aromatic carbocycles. The van der Waals surface area contributed by atoms with Gasteiger partial charge in [-0.3, -0.25) is 39.1 Å². The van der Waals surface area contributed by atoms with Gasteiger partial charge >= 0.3 is 5.97 Å². The second kappa shape index (κ2) is 8.46. The Bertz CT molecular complexity index is 953. The number of hydrogen-bond acceptors (Lipinski definition) is 7. The molecule has 0 radical (unpaired) electrons. The second-order valence-corrected chi connectivity index (χ2v) is 7.97. The van der Waals surface area contributed by atoms with E-state index in [0.29, 0.717) is 37.3 Å². The maximum absolute atomic E-state index is 13.2. The number of carboxylic acid groups (broad SMARTS) is 1. The number of benzene rings is 1. The maximum Gasteiger partial charge on any atom is 0.303 e. The molecule has 1 unspecified atom stereocenters. The number of hydrogen-bond donors (Lipinski definition) is 2. The molecule has 4 rings (SSSR count). The van der Waals surface area contributed by atoms with Crippen LogP contribution in [0.1, 0.15) is 46.4 Å². The Hall–Kier alpha value is -3.27. The molecule has 31 heavy (non-hydrogen) atoms. The van der Waals surface area contributed by atoms with Crippen molar-refractivity contribution in [3.05, 3.63) is 29.3 Å². The van der Waals surface area contributed by atoms with Gasteiger partial charge in [0.15, 0.2) is 0 Å². The molecule has 2 saturated heterocycles. The third-order valence-corrected chi connectivity index (χ3v) is 6.02. The van der Waals surface area contributed by atoms with Crippen molar-refractivity contribution in [2.45, 2.75) is 31.7 Å². The smallest absolute Gasteiger partial charge is 0.303 e. The Labute approximate surface area is 178 Å². The summed E-state index contributed by atoms with van der Waals surface area (Å²) in [6.07, 6.45) is 0.935. The summed E-state index contributed by atoms with van der Waals surface area (Å²) in [6.45, 7) is 3.44. The van der Waals surface area contributed by atoms with Crippen LogP contribution in [0.3, 0.4) is 0 Å². The minimum atomic E-state index is -0.982. The van der Waals surface area contributed by atoms with Crippen molar-refractivity contribution >= 4 is 35.3 Å². The van der Waals surface area contributed by atoms with Crippen molar-refractivity contribution in [3.63, 3.8) is 0 Å². The number of carbonyl (C=O) groups is 5. The number of rotatable bonds is 6. The van der Waals surface area contributed by atoms with Gasteiger partial charge in [-0.25, -0.2) is 0 Å². The van der Waals surface area contributed by atoms with E-state index in [-0.39, 0.29) is 24.8 Å². The number of nitrogens with one attached hydrogen (secondary N) is 1. The molecule has 3 aliphatic heterocycles. The minimum Gasteiger partial charge on any atom is -0.481 e. The van der Waals surface area contributed by atoms with E-state index >= 15 is 0 Å². The van der Waals surface area contributed by atoms with Gasteiger partial charge in [0, 0.05) is 39.0 Å². The van der Waals surface area contributed by atoms with Crippen LogP contribution in [0.5, 0.6) is 0 Å². The van der Waals surface area contributed by atoms with E-state index in [1.807, 2.05) is 4.90 Å². The summed E-state index contributed by atoms with van der Waals surface area (Å²) in [5.74, 6) is -2.85. The van der Waals surface area contributed by atoms with Crippen molar-refractivity contribution < 1.29 is 29.1 Å². The van der Waals surface area contributed by atoms with Crippen LogP contribution in [0.4, 0.5) is 5.69 Å². The van der Waals surface area contributed by atoms with Crippen LogP contribution in [-0.2, 0) is 14.4 Å². The fourth-order valence-electron chi connectivity index (χ4n) is 4.43. The fraction of sp³-hybridized carbons (Fsp3) is 0.476. The second-order valence-electron chi connectivity index (χ2n) is 7.97. The Morgan fingerprint density at radius 3 is 2.48 bits per heavy atom. The highest BCUT2D eigenvalue weighted by Gasteiger charge is 2.46. The number of amides is 4. The summed E-state index contributed by atoms with van der Waals surface area (Å²) in [4.78, 5) is 65.8. The Morgan fingerprint density at radius 1 is 1.06 bits per heavy atom. The van der Waals surface area contributed by atoms with Gasteiger partial charge < -0.3 is 10.0 Å². The highest BCUT2D eigenvalue weighted by atomic mass is 16.4. The van der Waals surface area contributed by atoms with E-state index in [9.17, 15) is 24.0 Å². The Morgan fingerprint density at radius 2 is 1.81 bits per heavy atom. The molecule has 0 saturated carbocycles. The zero-order valence-corrected chi connectivity index (χ0v) is 17.0. The molecule has 0 bridgehead atoms. The SMILES string of the molecule is O=C(O)CCCN1CCN(c2cccc3c2C(=O)N(C2CCC(=O)NC2=O)C3=O)CC1. The van der Waals surface area contributed by atoms with Gasteiger partial charge in [-0.15, -0.1) is 0 Å². The lowest BCUT2D eigenvalue weighted by atomic mass is 10.0. The minimum absolute atomic E-state index is 0.0838. The lowest BCUT2D eigenvalue weighted by molar-refractivity contribution is -0.138. The zero-order chi connectivity index (χ0) is 22.1. The van der Waals surface area contributed by atoms with Gasteiger partial charge in [0.25, 0.3) is 11.8 Å². The number of anilines is 1. The van der Waals surface area contributed by atoms with Crippen LogP contribution < -0.4 is 10.2 Å². The fourth-order valence-corrected chi connectivity index (χ4v) is 4.43. The van der Waals surface area contributed by atoms with Crippen LogP contribution in [0.2, 0.25) is 0 Å². The van der Waals surface area contributed by atoms with Gasteiger partial charge in [-0.2, -0.15) is 0 Å². The molecule has 1 aromatic rings. The number of imide groups is 2. The molecule has 4 amide bonds. The molecular formula is C21H24N4O6. The van der Waals surface area contributed by atoms with Crippen LogP contribution >= 0.6 is 0 Å². The standard InChI is InChI=1S/C21H24N4O6/c26-16-7-6-15(19(29)22-16)25-20(30)13-3-1-4-14(18(13)21(25)31)24-11-9-23(10-12-24)8-2-5-17(27)28/h1,3-4,15H,2,5-12H2,(H,27,28)(H,22,26,29). The molecule has 2 fully saturated rings. The molecule has 10 heteroatoms. The number of aliphatic carboxylic acids is 1. The molecule has 0 aromatic heterocycles. The van der Waals surface area contributed by atoms with Crippen molar-refractivity contribution in [3.8, 4) is 0 Å². The number of carbonyl (C=O) groups excluding carboxylic acids is 4. The average molecular weight is 428 g/mol. The first kappa shape index (κ1) is 21.0. The Balaban J connectivity index is 1.49. The number of piperidine rings is 1. The number of piperazine rings is 1. The number of fused-ring (bicyclic) bond motifs is 1. The molecule has 164 valence electrons. The van der Waals surface area contributed by atoms with E-state index < -0.39 is 35.6 Å². The average Bonchev–Trinajstić information content (AvgIpc) is 2.99. The van der Waals surface area contributed by atoms with E-state index in [1.165, 1.54) is 0 Å². The van der Waals surface area contributed by atoms with Crippen LogP contribution in [0, 0.1) is 0 Å². The highest BCUT2D eigenvalue weighted by molar-refractivity contribution is 6.25. The lowest BCUT2D eigenvalue weighted by Crippen LogP contribution is -2.54. The summed E-state index contributed by atoms with van der Waals surface area (Å²) < 4.78 is 0. The quantitative estimate of drug-likeness (QED) is 0.610. The first-order valence-corrected chi connectivity index (χ1v) is 10.4. The van der Waals surface area contributed by atoms with Crippen LogP contribution in [0.25, 0.3) is 0 Å². The molecule has 2 N–H and O–H groups in total. The van der Waals surface area contributed by atoms with E-state index in [0.717, 1.165) is 18.0 Å². The summed E-state index contributed by atoms with van der Waals surface area (Å²) in [5, 5.41) is 11.0. The maximum atomic E-state index is 13.2. The molecule has 0 spiro atoms. The van der Waals surface area contributed by atoms with E-state index in [4.69, 9.17) is 5.11 Å². The summed E-state index contributed by atoms with van der Waals surface area (Å²) in [7, 11) is 0. The van der Waals surface area contributed by atoms with Crippen LogP contribution in [-0.4, -0.2) is 83.3 Å².